The number of aliphatic hydroxyl groups is 1. The molecule has 2 N–H and O–H groups in total. The largest absolute Gasteiger partial charge is 0.488 e. The second kappa shape index (κ2) is 12.9. The number of aliphatic hydroxyl groups excluding tert-OH is 1. The van der Waals surface area contributed by atoms with Crippen LogP contribution in [0.15, 0.2) is 35.7 Å². The van der Waals surface area contributed by atoms with Crippen LogP contribution in [-0.2, 0) is 21.9 Å². The minimum Gasteiger partial charge on any atom is -0.488 e. The smallest absolute Gasteiger partial charge is 0.261 e. The molecule has 2 amide bonds. The van der Waals surface area contributed by atoms with Gasteiger partial charge in [0.15, 0.2) is 5.03 Å². The van der Waals surface area contributed by atoms with Crippen molar-refractivity contribution in [1.29, 1.82) is 0 Å². The topological polar surface area (TPSA) is 137 Å². The Bertz CT molecular complexity index is 1260. The number of benzene rings is 1. The van der Waals surface area contributed by atoms with Crippen LogP contribution in [0, 0.1) is 5.92 Å². The van der Waals surface area contributed by atoms with E-state index in [1.807, 2.05) is 25.9 Å². The molecule has 13 heteroatoms. The van der Waals surface area contributed by atoms with Gasteiger partial charge in [-0.3, -0.25) is 9.59 Å². The van der Waals surface area contributed by atoms with Crippen LogP contribution >= 0.6 is 0 Å². The van der Waals surface area contributed by atoms with Crippen LogP contribution in [0.5, 0.6) is 5.75 Å². The number of aromatic nitrogens is 2. The molecule has 216 valence electrons. The van der Waals surface area contributed by atoms with E-state index >= 15 is 0 Å². The Labute approximate surface area is 230 Å². The second-order valence-electron chi connectivity index (χ2n) is 10.5. The van der Waals surface area contributed by atoms with E-state index in [2.05, 4.69) is 10.3 Å². The Morgan fingerprint density at radius 1 is 1.31 bits per heavy atom. The van der Waals surface area contributed by atoms with Gasteiger partial charge in [-0.25, -0.2) is 13.4 Å². The van der Waals surface area contributed by atoms with Crippen molar-refractivity contribution >= 4 is 27.5 Å². The van der Waals surface area contributed by atoms with Gasteiger partial charge in [0.2, 0.25) is 5.91 Å². The van der Waals surface area contributed by atoms with E-state index in [0.29, 0.717) is 18.5 Å². The van der Waals surface area contributed by atoms with Gasteiger partial charge in [0.1, 0.15) is 11.9 Å². The van der Waals surface area contributed by atoms with Crippen LogP contribution in [-0.4, -0.2) is 109 Å². The fourth-order valence-corrected chi connectivity index (χ4v) is 5.47. The zero-order valence-corrected chi connectivity index (χ0v) is 24.3. The Morgan fingerprint density at radius 2 is 2.03 bits per heavy atom. The van der Waals surface area contributed by atoms with Crippen molar-refractivity contribution < 1.29 is 27.9 Å². The Hall–Kier alpha value is -3.00. The first-order chi connectivity index (χ1) is 18.3. The summed E-state index contributed by atoms with van der Waals surface area (Å²) in [5.41, 5.74) is 0.686. The highest BCUT2D eigenvalue weighted by Gasteiger charge is 2.35. The molecule has 1 aromatic heterocycles. The van der Waals surface area contributed by atoms with Crippen molar-refractivity contribution in [2.24, 2.45) is 13.0 Å². The molecule has 2 heterocycles. The molecule has 0 saturated carbocycles. The van der Waals surface area contributed by atoms with E-state index < -0.39 is 22.2 Å². The average molecular weight is 565 g/mol. The fraction of sp³-hybridized carbons (Fsp3) is 0.577. The third kappa shape index (κ3) is 7.56. The number of amides is 2. The molecule has 0 spiro atoms. The Morgan fingerprint density at radius 3 is 2.64 bits per heavy atom. The first-order valence-electron chi connectivity index (χ1n) is 12.9. The number of hydrogen-bond donors (Lipinski definition) is 2. The Kier molecular flexibility index (Phi) is 10.1. The van der Waals surface area contributed by atoms with Gasteiger partial charge in [0.05, 0.1) is 31.1 Å². The molecule has 39 heavy (non-hydrogen) atoms. The third-order valence-corrected chi connectivity index (χ3v) is 8.46. The number of rotatable bonds is 11. The first kappa shape index (κ1) is 30.5. The minimum atomic E-state index is -3.87. The number of aryl methyl sites for hydroxylation is 1. The van der Waals surface area contributed by atoms with Crippen molar-refractivity contribution in [2.75, 3.05) is 52.7 Å². The number of fused-ring (bicyclic) bond motifs is 1. The van der Waals surface area contributed by atoms with E-state index in [4.69, 9.17) is 4.74 Å². The first-order valence-corrected chi connectivity index (χ1v) is 14.4. The standard InChI is InChI=1S/C26H40N6O6S/c1-18-13-32(19(2)16-33)26(35)21-12-20(28-24(34)8-7-11-29(3)4)9-10-22(21)38-23(18)14-31(6)39(36,37)25-15-30(5)17-27-25/h9-10,12,15,17-19,23,33H,7-8,11,13-14,16H2,1-6H3,(H,28,34)/t18-,19-,23-/m1/s1. The molecule has 3 rings (SSSR count). The number of anilines is 1. The maximum Gasteiger partial charge on any atom is 0.261 e. The number of hydrogen-bond acceptors (Lipinski definition) is 8. The highest BCUT2D eigenvalue weighted by molar-refractivity contribution is 7.89. The van der Waals surface area contributed by atoms with E-state index in [0.717, 1.165) is 6.54 Å². The highest BCUT2D eigenvalue weighted by Crippen LogP contribution is 2.31. The summed E-state index contributed by atoms with van der Waals surface area (Å²) < 4.78 is 35.3. The summed E-state index contributed by atoms with van der Waals surface area (Å²) in [4.78, 5) is 33.6. The number of nitrogens with one attached hydrogen (secondary N) is 1. The second-order valence-corrected chi connectivity index (χ2v) is 12.4. The molecule has 1 aliphatic heterocycles. The molecule has 1 aliphatic rings. The number of ether oxygens (including phenoxy) is 1. The monoisotopic (exact) mass is 564 g/mol. The molecule has 1 aromatic carbocycles. The lowest BCUT2D eigenvalue weighted by Crippen LogP contribution is -2.50. The van der Waals surface area contributed by atoms with Crippen molar-refractivity contribution in [3.63, 3.8) is 0 Å². The van der Waals surface area contributed by atoms with E-state index in [9.17, 15) is 23.1 Å². The predicted octanol–water partition coefficient (Wildman–Crippen LogP) is 1.24. The summed E-state index contributed by atoms with van der Waals surface area (Å²) in [7, 11) is 3.17. The molecule has 0 radical (unpaired) electrons. The van der Waals surface area contributed by atoms with Gasteiger partial charge in [-0.15, -0.1) is 0 Å². The number of likely N-dealkylation sites (N-methyl/N-ethyl adjacent to an activating group) is 1. The zero-order valence-electron chi connectivity index (χ0n) is 23.5. The maximum absolute atomic E-state index is 13.6. The molecular formula is C26H40N6O6S. The zero-order chi connectivity index (χ0) is 28.9. The van der Waals surface area contributed by atoms with Gasteiger partial charge in [0.25, 0.3) is 15.9 Å². The lowest BCUT2D eigenvalue weighted by atomic mass is 9.99. The molecule has 0 unspecified atom stereocenters. The van der Waals surface area contributed by atoms with Gasteiger partial charge >= 0.3 is 0 Å². The lowest BCUT2D eigenvalue weighted by molar-refractivity contribution is -0.116. The van der Waals surface area contributed by atoms with Gasteiger partial charge < -0.3 is 29.5 Å². The number of nitrogens with zero attached hydrogens (tertiary/aromatic N) is 5. The van der Waals surface area contributed by atoms with Gasteiger partial charge in [0, 0.05) is 44.9 Å². The van der Waals surface area contributed by atoms with Crippen LogP contribution in [0.1, 0.15) is 37.0 Å². The van der Waals surface area contributed by atoms with Crippen molar-refractivity contribution in [2.45, 2.75) is 43.9 Å². The highest BCUT2D eigenvalue weighted by atomic mass is 32.2. The van der Waals surface area contributed by atoms with Crippen molar-refractivity contribution in [3.8, 4) is 5.75 Å². The summed E-state index contributed by atoms with van der Waals surface area (Å²) in [6, 6.07) is 4.36. The number of sulfonamides is 1. The van der Waals surface area contributed by atoms with Crippen molar-refractivity contribution in [3.05, 3.63) is 36.3 Å². The van der Waals surface area contributed by atoms with Crippen LogP contribution in [0.25, 0.3) is 0 Å². The van der Waals surface area contributed by atoms with E-state index in [1.165, 1.54) is 23.9 Å². The maximum atomic E-state index is 13.6. The van der Waals surface area contributed by atoms with E-state index in [1.54, 1.807) is 41.6 Å². The molecular weight excluding hydrogens is 524 g/mol. The normalized spacial score (nSPS) is 18.9. The summed E-state index contributed by atoms with van der Waals surface area (Å²) in [5.74, 6) is -0.492. The van der Waals surface area contributed by atoms with Crippen LogP contribution in [0.3, 0.4) is 0 Å². The third-order valence-electron chi connectivity index (χ3n) is 6.75. The van der Waals surface area contributed by atoms with Crippen LogP contribution in [0.2, 0.25) is 0 Å². The molecule has 0 saturated heterocycles. The summed E-state index contributed by atoms with van der Waals surface area (Å²) in [6.07, 6.45) is 3.28. The predicted molar refractivity (Wildman–Crippen MR) is 147 cm³/mol. The molecule has 0 aliphatic carbocycles. The number of imidazole rings is 1. The van der Waals surface area contributed by atoms with Gasteiger partial charge in [-0.1, -0.05) is 6.92 Å². The SMILES string of the molecule is C[C@@H]1CN([C@H](C)CO)C(=O)c2cc(NC(=O)CCCN(C)C)ccc2O[C@@H]1CN(C)S(=O)(=O)c1cn(C)cn1. The summed E-state index contributed by atoms with van der Waals surface area (Å²) in [5, 5.41) is 12.6. The Balaban J connectivity index is 1.89. The van der Waals surface area contributed by atoms with Gasteiger partial charge in [-0.2, -0.15) is 4.31 Å². The number of carbonyl (C=O) groups is 2. The molecule has 2 aromatic rings. The van der Waals surface area contributed by atoms with Crippen LogP contribution in [0.4, 0.5) is 5.69 Å². The fourth-order valence-electron chi connectivity index (χ4n) is 4.33. The summed E-state index contributed by atoms with van der Waals surface area (Å²) >= 11 is 0. The number of carbonyl (C=O) groups excluding carboxylic acids is 2. The molecule has 12 nitrogen and oxygen atoms in total. The molecule has 0 fully saturated rings. The quantitative estimate of drug-likeness (QED) is 0.416. The average Bonchev–Trinajstić information content (AvgIpc) is 3.32. The lowest BCUT2D eigenvalue weighted by Gasteiger charge is -2.38. The van der Waals surface area contributed by atoms with E-state index in [-0.39, 0.29) is 53.8 Å². The van der Waals surface area contributed by atoms with Crippen molar-refractivity contribution in [1.82, 2.24) is 23.7 Å². The minimum absolute atomic E-state index is 0.0133. The van der Waals surface area contributed by atoms with Crippen LogP contribution < -0.4 is 10.1 Å². The summed E-state index contributed by atoms with van der Waals surface area (Å²) in [6.45, 7) is 4.42. The van der Waals surface area contributed by atoms with Gasteiger partial charge in [-0.05, 0) is 52.2 Å². The molecule has 0 bridgehead atoms. The molecule has 3 atom stereocenters.